The highest BCUT2D eigenvalue weighted by atomic mass is 32.2. The number of hydrogen-bond acceptors (Lipinski definition) is 4. The van der Waals surface area contributed by atoms with Crippen molar-refractivity contribution in [3.05, 3.63) is 0 Å². The van der Waals surface area contributed by atoms with E-state index in [0.29, 0.717) is 19.1 Å². The second-order valence-electron chi connectivity index (χ2n) is 3.19. The smallest absolute Gasteiger partial charge is 0.249 e. The Labute approximate surface area is 94.0 Å². The summed E-state index contributed by atoms with van der Waals surface area (Å²) in [6.07, 6.45) is 2.86. The monoisotopic (exact) mass is 231 g/mol. The molecule has 1 rings (SSSR count). The number of amides is 1. The van der Waals surface area contributed by atoms with E-state index in [1.165, 1.54) is 0 Å². The molecule has 0 aromatic heterocycles. The Hall–Kier alpha value is -0.750. The van der Waals surface area contributed by atoms with Crippen molar-refractivity contribution in [1.82, 2.24) is 10.6 Å². The van der Waals surface area contributed by atoms with E-state index in [1.54, 1.807) is 18.9 Å². The molecule has 0 aromatic carbocycles. The van der Waals surface area contributed by atoms with Crippen molar-refractivity contribution in [3.8, 4) is 0 Å². The van der Waals surface area contributed by atoms with Crippen LogP contribution in [0.4, 0.5) is 0 Å². The number of carbonyl (C=O) groups is 1. The Morgan fingerprint density at radius 2 is 2.40 bits per heavy atom. The maximum atomic E-state index is 11.4. The third-order valence-corrected chi connectivity index (χ3v) is 2.69. The molecule has 0 aromatic rings. The first-order chi connectivity index (χ1) is 7.27. The first-order valence-corrected chi connectivity index (χ1v) is 6.27. The number of ether oxygens (including phenoxy) is 1. The van der Waals surface area contributed by atoms with E-state index < -0.39 is 0 Å². The fourth-order valence-electron chi connectivity index (χ4n) is 1.24. The van der Waals surface area contributed by atoms with E-state index in [4.69, 9.17) is 4.74 Å². The summed E-state index contributed by atoms with van der Waals surface area (Å²) in [6.45, 7) is 1.13. The predicted octanol–water partition coefficient (Wildman–Crippen LogP) is -0.170. The summed E-state index contributed by atoms with van der Waals surface area (Å²) in [4.78, 5) is 15.6. The van der Waals surface area contributed by atoms with Gasteiger partial charge in [0.15, 0.2) is 5.96 Å². The van der Waals surface area contributed by atoms with Crippen LogP contribution in [0.15, 0.2) is 4.99 Å². The molecule has 1 unspecified atom stereocenters. The maximum absolute atomic E-state index is 11.4. The standard InChI is InChI=1S/C9H17N3O2S/c1-14-5-4-10-9-11-7(3-6-15-2)8(13)12-9/h7H,3-6H2,1-2H3,(H2,10,11,12,13). The van der Waals surface area contributed by atoms with Gasteiger partial charge in [-0.25, -0.2) is 0 Å². The second kappa shape index (κ2) is 6.68. The highest BCUT2D eigenvalue weighted by Crippen LogP contribution is 2.04. The molecule has 1 aliphatic heterocycles. The predicted molar refractivity (Wildman–Crippen MR) is 62.2 cm³/mol. The van der Waals surface area contributed by atoms with E-state index in [2.05, 4.69) is 15.6 Å². The summed E-state index contributed by atoms with van der Waals surface area (Å²) in [7, 11) is 1.63. The van der Waals surface area contributed by atoms with E-state index in [9.17, 15) is 4.79 Å². The van der Waals surface area contributed by atoms with Crippen molar-refractivity contribution in [3.63, 3.8) is 0 Å². The van der Waals surface area contributed by atoms with Gasteiger partial charge >= 0.3 is 0 Å². The third kappa shape index (κ3) is 4.09. The summed E-state index contributed by atoms with van der Waals surface area (Å²) in [6, 6.07) is -0.126. The average Bonchev–Trinajstić information content (AvgIpc) is 2.57. The van der Waals surface area contributed by atoms with E-state index in [0.717, 1.165) is 12.2 Å². The average molecular weight is 231 g/mol. The van der Waals surface area contributed by atoms with Crippen LogP contribution < -0.4 is 10.6 Å². The van der Waals surface area contributed by atoms with Gasteiger partial charge in [-0.2, -0.15) is 11.8 Å². The molecule has 0 aliphatic carbocycles. The summed E-state index contributed by atoms with van der Waals surface area (Å²) >= 11 is 1.73. The number of aliphatic imine (C=N–C) groups is 1. The lowest BCUT2D eigenvalue weighted by Crippen LogP contribution is -2.30. The lowest BCUT2D eigenvalue weighted by molar-refractivity contribution is -0.120. The molecular weight excluding hydrogens is 214 g/mol. The van der Waals surface area contributed by atoms with Crippen LogP contribution in [0.2, 0.25) is 0 Å². The molecule has 0 bridgehead atoms. The lowest BCUT2D eigenvalue weighted by Gasteiger charge is -2.05. The number of rotatable bonds is 6. The molecule has 0 saturated carbocycles. The molecule has 5 nitrogen and oxygen atoms in total. The molecule has 1 atom stereocenters. The van der Waals surface area contributed by atoms with Crippen LogP contribution in [0.5, 0.6) is 0 Å². The van der Waals surface area contributed by atoms with Crippen molar-refractivity contribution < 1.29 is 9.53 Å². The largest absolute Gasteiger partial charge is 0.383 e. The third-order valence-electron chi connectivity index (χ3n) is 2.05. The molecule has 15 heavy (non-hydrogen) atoms. The number of thioether (sulfide) groups is 1. The zero-order valence-corrected chi connectivity index (χ0v) is 9.89. The van der Waals surface area contributed by atoms with E-state index >= 15 is 0 Å². The molecule has 1 amide bonds. The molecule has 0 spiro atoms. The van der Waals surface area contributed by atoms with Crippen LogP contribution in [0.3, 0.4) is 0 Å². The Bertz CT molecular complexity index is 246. The minimum atomic E-state index is -0.126. The van der Waals surface area contributed by atoms with Crippen molar-refractivity contribution >= 4 is 23.6 Å². The second-order valence-corrected chi connectivity index (χ2v) is 4.18. The molecule has 0 radical (unpaired) electrons. The van der Waals surface area contributed by atoms with Crippen LogP contribution >= 0.6 is 11.8 Å². The van der Waals surface area contributed by atoms with Gasteiger partial charge in [0.25, 0.3) is 0 Å². The molecule has 1 aliphatic rings. The Morgan fingerprint density at radius 3 is 3.07 bits per heavy atom. The van der Waals surface area contributed by atoms with Gasteiger partial charge in [-0.1, -0.05) is 0 Å². The van der Waals surface area contributed by atoms with Gasteiger partial charge in [0, 0.05) is 7.11 Å². The SMILES string of the molecule is COCCN=C1NC(=O)C(CCSC)N1. The Balaban J connectivity index is 2.34. The van der Waals surface area contributed by atoms with Crippen LogP contribution in [-0.2, 0) is 9.53 Å². The Morgan fingerprint density at radius 1 is 1.60 bits per heavy atom. The zero-order valence-electron chi connectivity index (χ0n) is 9.08. The van der Waals surface area contributed by atoms with Crippen molar-refractivity contribution in [1.29, 1.82) is 0 Å². The normalized spacial score (nSPS) is 22.9. The number of nitrogens with one attached hydrogen (secondary N) is 2. The summed E-state index contributed by atoms with van der Waals surface area (Å²) in [5.41, 5.74) is 0. The van der Waals surface area contributed by atoms with Gasteiger partial charge in [-0.05, 0) is 18.4 Å². The fourth-order valence-corrected chi connectivity index (χ4v) is 1.71. The summed E-state index contributed by atoms with van der Waals surface area (Å²) in [5, 5.41) is 5.76. The minimum Gasteiger partial charge on any atom is -0.383 e. The molecule has 2 N–H and O–H groups in total. The van der Waals surface area contributed by atoms with Gasteiger partial charge in [0.05, 0.1) is 13.2 Å². The topological polar surface area (TPSA) is 62.7 Å². The van der Waals surface area contributed by atoms with Gasteiger partial charge in [0.1, 0.15) is 6.04 Å². The first-order valence-electron chi connectivity index (χ1n) is 4.87. The van der Waals surface area contributed by atoms with Crippen LogP contribution in [0, 0.1) is 0 Å². The fraction of sp³-hybridized carbons (Fsp3) is 0.778. The van der Waals surface area contributed by atoms with Crippen molar-refractivity contribution in [2.75, 3.05) is 32.3 Å². The molecular formula is C9H17N3O2S. The number of guanidine groups is 1. The Kier molecular flexibility index (Phi) is 5.49. The van der Waals surface area contributed by atoms with Crippen molar-refractivity contribution in [2.45, 2.75) is 12.5 Å². The molecule has 1 fully saturated rings. The summed E-state index contributed by atoms with van der Waals surface area (Å²) < 4.78 is 4.87. The van der Waals surface area contributed by atoms with Gasteiger partial charge in [0.2, 0.25) is 5.91 Å². The van der Waals surface area contributed by atoms with Crippen LogP contribution in [0.25, 0.3) is 0 Å². The quantitative estimate of drug-likeness (QED) is 0.623. The number of nitrogens with zero attached hydrogens (tertiary/aromatic N) is 1. The van der Waals surface area contributed by atoms with Gasteiger partial charge in [-0.15, -0.1) is 0 Å². The van der Waals surface area contributed by atoms with Crippen LogP contribution in [-0.4, -0.2) is 50.2 Å². The molecule has 6 heteroatoms. The molecule has 86 valence electrons. The van der Waals surface area contributed by atoms with E-state index in [1.807, 2.05) is 6.26 Å². The zero-order chi connectivity index (χ0) is 11.1. The first kappa shape index (κ1) is 12.3. The number of hydrogen-bond donors (Lipinski definition) is 2. The number of methoxy groups -OCH3 is 1. The van der Waals surface area contributed by atoms with Gasteiger partial charge < -0.3 is 10.1 Å². The molecule has 1 saturated heterocycles. The minimum absolute atomic E-state index is 0.0141. The highest BCUT2D eigenvalue weighted by Gasteiger charge is 2.27. The van der Waals surface area contributed by atoms with Crippen LogP contribution in [0.1, 0.15) is 6.42 Å². The maximum Gasteiger partial charge on any atom is 0.249 e. The summed E-state index contributed by atoms with van der Waals surface area (Å²) in [5.74, 6) is 1.56. The van der Waals surface area contributed by atoms with E-state index in [-0.39, 0.29) is 11.9 Å². The highest BCUT2D eigenvalue weighted by molar-refractivity contribution is 7.98. The van der Waals surface area contributed by atoms with Crippen molar-refractivity contribution in [2.24, 2.45) is 4.99 Å². The lowest BCUT2D eigenvalue weighted by atomic mass is 10.2. The number of carbonyl (C=O) groups excluding carboxylic acids is 1. The molecule has 1 heterocycles. The van der Waals surface area contributed by atoms with Gasteiger partial charge in [-0.3, -0.25) is 15.1 Å².